The predicted molar refractivity (Wildman–Crippen MR) is 166 cm³/mol. The summed E-state index contributed by atoms with van der Waals surface area (Å²) in [5.74, 6) is -0.0791. The summed E-state index contributed by atoms with van der Waals surface area (Å²) < 4.78 is 39.2. The summed E-state index contributed by atoms with van der Waals surface area (Å²) in [6, 6.07) is 17.9. The number of carbonyl (C=O) groups is 2. The van der Waals surface area contributed by atoms with Gasteiger partial charge in [0.25, 0.3) is 21.8 Å². The van der Waals surface area contributed by atoms with Crippen molar-refractivity contribution in [1.82, 2.24) is 10.7 Å². The lowest BCUT2D eigenvalue weighted by molar-refractivity contribution is -0.124. The number of aryl methyl sites for hydroxylation is 1. The van der Waals surface area contributed by atoms with Gasteiger partial charge in [-0.2, -0.15) is 5.10 Å². The minimum Gasteiger partial charge on any atom is -0.495 e. The highest BCUT2D eigenvalue weighted by Gasteiger charge is 2.29. The molecule has 0 bridgehead atoms. The molecule has 0 aliphatic heterocycles. The van der Waals surface area contributed by atoms with Crippen molar-refractivity contribution >= 4 is 45.3 Å². The number of hydrazone groups is 1. The molecule has 2 amide bonds. The lowest BCUT2D eigenvalue weighted by Crippen LogP contribution is -2.39. The average molecular weight is 627 g/mol. The van der Waals surface area contributed by atoms with E-state index in [1.165, 1.54) is 44.0 Å². The molecule has 0 heterocycles. The molecule has 2 N–H and O–H groups in total. The highest BCUT2D eigenvalue weighted by atomic mass is 35.5. The highest BCUT2D eigenvalue weighted by Crippen LogP contribution is 2.34. The van der Waals surface area contributed by atoms with E-state index in [-0.39, 0.29) is 39.9 Å². The van der Waals surface area contributed by atoms with E-state index in [1.54, 1.807) is 42.5 Å². The topological polar surface area (TPSA) is 126 Å². The van der Waals surface area contributed by atoms with Crippen LogP contribution in [0.1, 0.15) is 43.2 Å². The number of nitrogens with zero attached hydrogens (tertiary/aromatic N) is 2. The second kappa shape index (κ2) is 14.9. The number of nitrogens with one attached hydrogen (secondary N) is 2. The first kappa shape index (κ1) is 31.8. The molecule has 4 rings (SSSR count). The van der Waals surface area contributed by atoms with Crippen molar-refractivity contribution in [1.29, 1.82) is 0 Å². The zero-order chi connectivity index (χ0) is 30.8. The Kier molecular flexibility index (Phi) is 11.0. The van der Waals surface area contributed by atoms with Gasteiger partial charge in [-0.25, -0.2) is 13.8 Å². The Bertz CT molecular complexity index is 1540. The molecule has 10 nitrogen and oxygen atoms in total. The summed E-state index contributed by atoms with van der Waals surface area (Å²) in [5.41, 5.74) is 4.02. The van der Waals surface area contributed by atoms with Crippen LogP contribution in [0.25, 0.3) is 0 Å². The summed E-state index contributed by atoms with van der Waals surface area (Å²) in [7, 11) is -2.78. The lowest BCUT2D eigenvalue weighted by atomic mass is 9.95. The monoisotopic (exact) mass is 626 g/mol. The summed E-state index contributed by atoms with van der Waals surface area (Å²) in [6.45, 7) is 1.19. The van der Waals surface area contributed by atoms with Crippen LogP contribution >= 0.6 is 11.6 Å². The fraction of sp³-hybridized carbons (Fsp3) is 0.323. The average Bonchev–Trinajstić information content (AvgIpc) is 3.00. The maximum Gasteiger partial charge on any atom is 0.264 e. The summed E-state index contributed by atoms with van der Waals surface area (Å²) >= 11 is 6.18. The maximum absolute atomic E-state index is 13.7. The number of anilines is 1. The van der Waals surface area contributed by atoms with Crippen LogP contribution in [-0.4, -0.2) is 52.8 Å². The van der Waals surface area contributed by atoms with Gasteiger partial charge in [0.15, 0.2) is 6.61 Å². The standard InChI is InChI=1S/C31H35ClN4O6S/c1-22-8-15-27(16-9-22)43(39,40)36(28-18-24(32)12-17-29(28)41-2)20-30(37)35-33-19-23-10-13-26(14-11-23)42-21-31(38)34-25-6-4-3-5-7-25/h8-19,25H,3-7,20-21H2,1-2H3,(H,34,38)(H,35,37)/b33-19-. The van der Waals surface area contributed by atoms with E-state index in [9.17, 15) is 18.0 Å². The first-order chi connectivity index (χ1) is 20.7. The number of rotatable bonds is 12. The van der Waals surface area contributed by atoms with Crippen molar-refractivity contribution in [3.63, 3.8) is 0 Å². The quantitative estimate of drug-likeness (QED) is 0.219. The number of methoxy groups -OCH3 is 1. The van der Waals surface area contributed by atoms with Gasteiger partial charge in [-0.3, -0.25) is 13.9 Å². The van der Waals surface area contributed by atoms with E-state index in [2.05, 4.69) is 15.8 Å². The van der Waals surface area contributed by atoms with E-state index in [0.717, 1.165) is 35.6 Å². The maximum atomic E-state index is 13.7. The first-order valence-corrected chi connectivity index (χ1v) is 15.7. The van der Waals surface area contributed by atoms with Crippen LogP contribution in [0.15, 0.2) is 76.7 Å². The predicted octanol–water partition coefficient (Wildman–Crippen LogP) is 4.83. The number of carbonyl (C=O) groups excluding carboxylic acids is 2. The third-order valence-electron chi connectivity index (χ3n) is 6.93. The third kappa shape index (κ3) is 8.95. The van der Waals surface area contributed by atoms with E-state index >= 15 is 0 Å². The number of amides is 2. The number of hydrogen-bond donors (Lipinski definition) is 2. The Labute approximate surface area is 257 Å². The molecule has 43 heavy (non-hydrogen) atoms. The molecular formula is C31H35ClN4O6S. The van der Waals surface area contributed by atoms with Gasteiger partial charge >= 0.3 is 0 Å². The van der Waals surface area contributed by atoms with Crippen molar-refractivity contribution in [2.45, 2.75) is 50.0 Å². The molecule has 1 aliphatic rings. The zero-order valence-electron chi connectivity index (χ0n) is 24.1. The molecule has 0 spiro atoms. The molecule has 0 radical (unpaired) electrons. The molecule has 1 fully saturated rings. The van der Waals surface area contributed by atoms with Crippen LogP contribution < -0.4 is 24.5 Å². The van der Waals surface area contributed by atoms with Crippen LogP contribution in [0.3, 0.4) is 0 Å². The fourth-order valence-corrected chi connectivity index (χ4v) is 6.24. The molecule has 1 saturated carbocycles. The van der Waals surface area contributed by atoms with Gasteiger partial charge < -0.3 is 14.8 Å². The molecule has 228 valence electrons. The van der Waals surface area contributed by atoms with E-state index in [1.807, 2.05) is 6.92 Å². The smallest absolute Gasteiger partial charge is 0.264 e. The summed E-state index contributed by atoms with van der Waals surface area (Å²) in [5, 5.41) is 7.26. The minimum absolute atomic E-state index is 0.00482. The molecule has 3 aromatic rings. The number of sulfonamides is 1. The Balaban J connectivity index is 1.39. The van der Waals surface area contributed by atoms with Crippen molar-refractivity contribution in [2.75, 3.05) is 24.6 Å². The van der Waals surface area contributed by atoms with Gasteiger partial charge in [0.2, 0.25) is 0 Å². The molecule has 12 heteroatoms. The lowest BCUT2D eigenvalue weighted by Gasteiger charge is -2.25. The van der Waals surface area contributed by atoms with E-state index < -0.39 is 22.5 Å². The van der Waals surface area contributed by atoms with Crippen molar-refractivity contribution in [2.24, 2.45) is 5.10 Å². The van der Waals surface area contributed by atoms with Crippen LogP contribution in [0.4, 0.5) is 5.69 Å². The third-order valence-corrected chi connectivity index (χ3v) is 8.94. The van der Waals surface area contributed by atoms with Crippen molar-refractivity contribution < 1.29 is 27.5 Å². The van der Waals surface area contributed by atoms with E-state index in [0.29, 0.717) is 11.3 Å². The first-order valence-electron chi connectivity index (χ1n) is 13.9. The second-order valence-corrected chi connectivity index (χ2v) is 12.5. The molecular weight excluding hydrogens is 592 g/mol. The SMILES string of the molecule is COc1ccc(Cl)cc1N(CC(=O)N/N=C\c1ccc(OCC(=O)NC2CCCCC2)cc1)S(=O)(=O)c1ccc(C)cc1. The number of ether oxygens (including phenoxy) is 2. The number of halogens is 1. The van der Waals surface area contributed by atoms with Gasteiger partial charge in [-0.1, -0.05) is 48.6 Å². The van der Waals surface area contributed by atoms with E-state index in [4.69, 9.17) is 21.1 Å². The Morgan fingerprint density at radius 1 is 1.00 bits per heavy atom. The van der Waals surface area contributed by atoms with Gasteiger partial charge in [0.05, 0.1) is 23.9 Å². The van der Waals surface area contributed by atoms with Gasteiger partial charge in [-0.15, -0.1) is 0 Å². The minimum atomic E-state index is -4.18. The van der Waals surface area contributed by atoms with Crippen LogP contribution in [0, 0.1) is 6.92 Å². The number of hydrogen-bond acceptors (Lipinski definition) is 7. The molecule has 0 aromatic heterocycles. The summed E-state index contributed by atoms with van der Waals surface area (Å²) in [4.78, 5) is 25.1. The molecule has 1 aliphatic carbocycles. The van der Waals surface area contributed by atoms with Gasteiger partial charge in [-0.05, 0) is 79.9 Å². The van der Waals surface area contributed by atoms with Crippen LogP contribution in [0.2, 0.25) is 5.02 Å². The van der Waals surface area contributed by atoms with Gasteiger partial charge in [0, 0.05) is 11.1 Å². The largest absolute Gasteiger partial charge is 0.495 e. The van der Waals surface area contributed by atoms with Crippen molar-refractivity contribution in [3.05, 3.63) is 82.9 Å². The molecule has 3 aromatic carbocycles. The molecule has 0 saturated heterocycles. The van der Waals surface area contributed by atoms with Crippen molar-refractivity contribution in [3.8, 4) is 11.5 Å². The fourth-order valence-electron chi connectivity index (χ4n) is 4.66. The molecule has 0 atom stereocenters. The zero-order valence-corrected chi connectivity index (χ0v) is 25.7. The highest BCUT2D eigenvalue weighted by molar-refractivity contribution is 7.92. The Morgan fingerprint density at radius 3 is 2.37 bits per heavy atom. The normalized spacial score (nSPS) is 13.8. The Morgan fingerprint density at radius 2 is 1.70 bits per heavy atom. The molecule has 0 unspecified atom stereocenters. The van der Waals surface area contributed by atoms with Crippen LogP contribution in [-0.2, 0) is 19.6 Å². The van der Waals surface area contributed by atoms with Gasteiger partial charge in [0.1, 0.15) is 18.0 Å². The number of benzene rings is 3. The Hall–Kier alpha value is -4.09. The van der Waals surface area contributed by atoms with Crippen LogP contribution in [0.5, 0.6) is 11.5 Å². The second-order valence-electron chi connectivity index (χ2n) is 10.2. The summed E-state index contributed by atoms with van der Waals surface area (Å²) in [6.07, 6.45) is 6.91.